The highest BCUT2D eigenvalue weighted by Gasteiger charge is 2.11. The number of methoxy groups -OCH3 is 1. The van der Waals surface area contributed by atoms with Crippen LogP contribution in [0.5, 0.6) is 5.75 Å². The van der Waals surface area contributed by atoms with E-state index >= 15 is 0 Å². The van der Waals surface area contributed by atoms with Gasteiger partial charge in [0.15, 0.2) is 0 Å². The summed E-state index contributed by atoms with van der Waals surface area (Å²) in [4.78, 5) is 0. The average Bonchev–Trinajstić information content (AvgIpc) is 2.23. The van der Waals surface area contributed by atoms with Crippen LogP contribution in [0, 0.1) is 13.8 Å². The van der Waals surface area contributed by atoms with E-state index in [0.29, 0.717) is 0 Å². The lowest BCUT2D eigenvalue weighted by Gasteiger charge is -2.14. The molecule has 84 valence electrons. The van der Waals surface area contributed by atoms with E-state index in [1.807, 2.05) is 19.9 Å². The molecule has 0 aliphatic heterocycles. The van der Waals surface area contributed by atoms with Crippen LogP contribution in [0.15, 0.2) is 6.07 Å². The number of hydrogen-bond acceptors (Lipinski definition) is 2. The highest BCUT2D eigenvalue weighted by atomic mass is 35.5. The molecule has 0 aliphatic carbocycles. The van der Waals surface area contributed by atoms with E-state index in [2.05, 4.69) is 0 Å². The van der Waals surface area contributed by atoms with Crippen LogP contribution in [0.4, 0.5) is 0 Å². The number of aryl methyl sites for hydroxylation is 2. The van der Waals surface area contributed by atoms with E-state index < -0.39 is 0 Å². The fourth-order valence-corrected chi connectivity index (χ4v) is 1.91. The minimum Gasteiger partial charge on any atom is -0.496 e. The third-order valence-corrected chi connectivity index (χ3v) is 3.09. The topological polar surface area (TPSA) is 29.5 Å². The van der Waals surface area contributed by atoms with Crippen molar-refractivity contribution >= 4 is 11.6 Å². The molecule has 1 aromatic carbocycles. The van der Waals surface area contributed by atoms with Gasteiger partial charge in [-0.05, 0) is 37.8 Å². The quantitative estimate of drug-likeness (QED) is 0.859. The normalized spacial score (nSPS) is 10.5. The Morgan fingerprint density at radius 2 is 2.07 bits per heavy atom. The molecule has 0 atom stereocenters. The van der Waals surface area contributed by atoms with Crippen molar-refractivity contribution in [1.82, 2.24) is 0 Å². The zero-order valence-corrected chi connectivity index (χ0v) is 10.2. The second-order valence-corrected chi connectivity index (χ2v) is 4.03. The molecule has 1 N–H and O–H groups in total. The van der Waals surface area contributed by atoms with E-state index in [-0.39, 0.29) is 6.61 Å². The number of aliphatic hydroxyl groups excluding tert-OH is 1. The molecule has 0 saturated carbocycles. The minimum absolute atomic E-state index is 0.198. The van der Waals surface area contributed by atoms with Gasteiger partial charge in [-0.1, -0.05) is 17.7 Å². The highest BCUT2D eigenvalue weighted by Crippen LogP contribution is 2.33. The summed E-state index contributed by atoms with van der Waals surface area (Å²) in [6, 6.07) is 2.03. The lowest BCUT2D eigenvalue weighted by molar-refractivity contribution is 0.287. The molecule has 0 fully saturated rings. The van der Waals surface area contributed by atoms with E-state index in [4.69, 9.17) is 21.4 Å². The van der Waals surface area contributed by atoms with Crippen LogP contribution in [-0.4, -0.2) is 18.8 Å². The van der Waals surface area contributed by atoms with E-state index in [1.54, 1.807) is 7.11 Å². The summed E-state index contributed by atoms with van der Waals surface area (Å²) >= 11 is 6.14. The molecule has 0 amide bonds. The monoisotopic (exact) mass is 228 g/mol. The van der Waals surface area contributed by atoms with Crippen molar-refractivity contribution in [2.24, 2.45) is 0 Å². The second-order valence-electron chi connectivity index (χ2n) is 3.65. The lowest BCUT2D eigenvalue weighted by Crippen LogP contribution is -1.99. The summed E-state index contributed by atoms with van der Waals surface area (Å²) in [6.07, 6.45) is 1.56. The summed E-state index contributed by atoms with van der Waals surface area (Å²) < 4.78 is 5.34. The first-order chi connectivity index (χ1) is 7.11. The Bertz CT molecular complexity index is 348. The standard InChI is InChI=1S/C12H17ClO2/c1-8-7-10(5-4-6-14)12(15-3)9(2)11(8)13/h7,14H,4-6H2,1-3H3. The highest BCUT2D eigenvalue weighted by molar-refractivity contribution is 6.32. The van der Waals surface area contributed by atoms with Crippen molar-refractivity contribution < 1.29 is 9.84 Å². The van der Waals surface area contributed by atoms with Crippen molar-refractivity contribution in [3.63, 3.8) is 0 Å². The molecule has 0 saturated heterocycles. The maximum atomic E-state index is 8.82. The van der Waals surface area contributed by atoms with Crippen molar-refractivity contribution in [3.05, 3.63) is 27.8 Å². The zero-order valence-electron chi connectivity index (χ0n) is 9.43. The Morgan fingerprint density at radius 3 is 2.60 bits per heavy atom. The molecule has 0 spiro atoms. The Labute approximate surface area is 95.8 Å². The van der Waals surface area contributed by atoms with Crippen LogP contribution in [0.3, 0.4) is 0 Å². The van der Waals surface area contributed by atoms with Crippen LogP contribution in [-0.2, 0) is 6.42 Å². The van der Waals surface area contributed by atoms with Gasteiger partial charge >= 0.3 is 0 Å². The molecule has 0 aromatic heterocycles. The fraction of sp³-hybridized carbons (Fsp3) is 0.500. The van der Waals surface area contributed by atoms with E-state index in [0.717, 1.165) is 40.3 Å². The molecular weight excluding hydrogens is 212 g/mol. The molecular formula is C12H17ClO2. The lowest BCUT2D eigenvalue weighted by atomic mass is 10.0. The smallest absolute Gasteiger partial charge is 0.126 e. The van der Waals surface area contributed by atoms with Crippen molar-refractivity contribution in [3.8, 4) is 5.75 Å². The first-order valence-electron chi connectivity index (χ1n) is 5.05. The van der Waals surface area contributed by atoms with Crippen LogP contribution >= 0.6 is 11.6 Å². The van der Waals surface area contributed by atoms with Gasteiger partial charge in [-0.3, -0.25) is 0 Å². The van der Waals surface area contributed by atoms with Gasteiger partial charge in [0.25, 0.3) is 0 Å². The molecule has 0 unspecified atom stereocenters. The van der Waals surface area contributed by atoms with Gasteiger partial charge in [0, 0.05) is 12.2 Å². The van der Waals surface area contributed by atoms with Crippen LogP contribution in [0.1, 0.15) is 23.1 Å². The Hall–Kier alpha value is -0.730. The van der Waals surface area contributed by atoms with Gasteiger partial charge < -0.3 is 9.84 Å². The maximum Gasteiger partial charge on any atom is 0.126 e. The van der Waals surface area contributed by atoms with E-state index in [1.165, 1.54) is 0 Å². The third-order valence-electron chi connectivity index (χ3n) is 2.51. The number of rotatable bonds is 4. The number of halogens is 1. The first-order valence-corrected chi connectivity index (χ1v) is 5.43. The molecule has 0 aliphatic rings. The summed E-state index contributed by atoms with van der Waals surface area (Å²) in [5.74, 6) is 0.846. The SMILES string of the molecule is COc1c(CCCO)cc(C)c(Cl)c1C. The maximum absolute atomic E-state index is 8.82. The number of hydrogen-bond donors (Lipinski definition) is 1. The second kappa shape index (κ2) is 5.38. The zero-order chi connectivity index (χ0) is 11.4. The predicted molar refractivity (Wildman–Crippen MR) is 62.9 cm³/mol. The van der Waals surface area contributed by atoms with Crippen molar-refractivity contribution in [2.45, 2.75) is 26.7 Å². The summed E-state index contributed by atoms with van der Waals surface area (Å²) in [5.41, 5.74) is 3.15. The molecule has 0 bridgehead atoms. The summed E-state index contributed by atoms with van der Waals surface area (Å²) in [7, 11) is 1.65. The molecule has 15 heavy (non-hydrogen) atoms. The first kappa shape index (κ1) is 12.3. The van der Waals surface area contributed by atoms with Crippen molar-refractivity contribution in [1.29, 1.82) is 0 Å². The molecule has 1 aromatic rings. The van der Waals surface area contributed by atoms with Crippen LogP contribution < -0.4 is 4.74 Å². The number of ether oxygens (including phenoxy) is 1. The van der Waals surface area contributed by atoms with Crippen LogP contribution in [0.2, 0.25) is 5.02 Å². The van der Waals surface area contributed by atoms with Gasteiger partial charge in [-0.25, -0.2) is 0 Å². The Balaban J connectivity index is 3.13. The number of benzene rings is 1. The van der Waals surface area contributed by atoms with Gasteiger partial charge in [0.05, 0.1) is 12.1 Å². The average molecular weight is 229 g/mol. The summed E-state index contributed by atoms with van der Waals surface area (Å²) in [5, 5.41) is 9.58. The van der Waals surface area contributed by atoms with Gasteiger partial charge in [0.2, 0.25) is 0 Å². The van der Waals surface area contributed by atoms with Crippen LogP contribution in [0.25, 0.3) is 0 Å². The van der Waals surface area contributed by atoms with Gasteiger partial charge in [-0.15, -0.1) is 0 Å². The molecule has 1 rings (SSSR count). The van der Waals surface area contributed by atoms with E-state index in [9.17, 15) is 0 Å². The fourth-order valence-electron chi connectivity index (χ4n) is 1.77. The molecule has 0 radical (unpaired) electrons. The third kappa shape index (κ3) is 2.64. The van der Waals surface area contributed by atoms with Gasteiger partial charge in [0.1, 0.15) is 5.75 Å². The number of aliphatic hydroxyl groups is 1. The van der Waals surface area contributed by atoms with Crippen molar-refractivity contribution in [2.75, 3.05) is 13.7 Å². The molecule has 3 heteroatoms. The summed E-state index contributed by atoms with van der Waals surface area (Å²) in [6.45, 7) is 4.14. The largest absolute Gasteiger partial charge is 0.496 e. The Morgan fingerprint density at radius 1 is 1.40 bits per heavy atom. The minimum atomic E-state index is 0.198. The Kier molecular flexibility index (Phi) is 4.43. The molecule has 2 nitrogen and oxygen atoms in total. The molecule has 0 heterocycles. The predicted octanol–water partition coefficient (Wildman–Crippen LogP) is 2.89. The van der Waals surface area contributed by atoms with Gasteiger partial charge in [-0.2, -0.15) is 0 Å².